The van der Waals surface area contributed by atoms with Crippen LogP contribution in [0.15, 0.2) is 22.6 Å². The van der Waals surface area contributed by atoms with E-state index in [1.807, 2.05) is 0 Å². The monoisotopic (exact) mass is 220 g/mol. The highest BCUT2D eigenvalue weighted by Crippen LogP contribution is 2.33. The molecule has 1 heterocycles. The summed E-state index contributed by atoms with van der Waals surface area (Å²) in [6, 6.07) is 4.48. The number of aromatic nitrogens is 1. The van der Waals surface area contributed by atoms with E-state index in [0.29, 0.717) is 29.3 Å². The van der Waals surface area contributed by atoms with Gasteiger partial charge in [-0.05, 0) is 30.9 Å². The minimum Gasteiger partial charge on any atom is -0.441 e. The van der Waals surface area contributed by atoms with Crippen LogP contribution in [-0.4, -0.2) is 11.0 Å². The molecule has 3 rings (SSSR count). The number of halogens is 1. The lowest BCUT2D eigenvalue weighted by atomic mass is 10.1. The van der Waals surface area contributed by atoms with Gasteiger partial charge in [0.05, 0.1) is 0 Å². The quantitative estimate of drug-likeness (QED) is 0.863. The van der Waals surface area contributed by atoms with Gasteiger partial charge < -0.3 is 10.2 Å². The maximum atomic E-state index is 12.9. The Hall–Kier alpha value is -1.42. The van der Waals surface area contributed by atoms with Crippen molar-refractivity contribution in [2.24, 2.45) is 11.7 Å². The Bertz CT molecular complexity index is 519. The van der Waals surface area contributed by atoms with Crippen molar-refractivity contribution in [3.8, 4) is 0 Å². The van der Waals surface area contributed by atoms with Crippen molar-refractivity contribution in [2.45, 2.75) is 25.3 Å². The zero-order valence-corrected chi connectivity index (χ0v) is 8.82. The van der Waals surface area contributed by atoms with Gasteiger partial charge in [-0.25, -0.2) is 9.37 Å². The molecule has 1 fully saturated rings. The van der Waals surface area contributed by atoms with Gasteiger partial charge in [0, 0.05) is 18.5 Å². The number of rotatable bonds is 3. The van der Waals surface area contributed by atoms with Crippen LogP contribution in [0.2, 0.25) is 0 Å². The fraction of sp³-hybridized carbons (Fsp3) is 0.417. The van der Waals surface area contributed by atoms with Crippen molar-refractivity contribution < 1.29 is 8.81 Å². The summed E-state index contributed by atoms with van der Waals surface area (Å²) in [5.74, 6) is 0.936. The summed E-state index contributed by atoms with van der Waals surface area (Å²) < 4.78 is 18.5. The number of hydrogen-bond donors (Lipinski definition) is 1. The molecule has 0 saturated heterocycles. The van der Waals surface area contributed by atoms with Gasteiger partial charge in [-0.1, -0.05) is 0 Å². The van der Waals surface area contributed by atoms with Gasteiger partial charge >= 0.3 is 0 Å². The maximum absolute atomic E-state index is 12.9. The number of benzene rings is 1. The molecule has 1 aromatic carbocycles. The summed E-state index contributed by atoms with van der Waals surface area (Å²) in [7, 11) is 0. The second kappa shape index (κ2) is 3.56. The molecular formula is C12H13FN2O. The van der Waals surface area contributed by atoms with Crippen LogP contribution in [0.4, 0.5) is 4.39 Å². The summed E-state index contributed by atoms with van der Waals surface area (Å²) >= 11 is 0. The molecule has 1 aromatic heterocycles. The molecule has 0 aliphatic heterocycles. The number of nitrogens with two attached hydrogens (primary N) is 1. The molecule has 0 amide bonds. The zero-order chi connectivity index (χ0) is 11.1. The third-order valence-electron chi connectivity index (χ3n) is 3.03. The number of nitrogens with zero attached hydrogens (tertiary/aromatic N) is 1. The minimum atomic E-state index is -0.293. The summed E-state index contributed by atoms with van der Waals surface area (Å²) in [6.45, 7) is 0. The third kappa shape index (κ3) is 1.80. The summed E-state index contributed by atoms with van der Waals surface area (Å²) in [4.78, 5) is 4.24. The van der Waals surface area contributed by atoms with E-state index in [1.165, 1.54) is 25.0 Å². The van der Waals surface area contributed by atoms with E-state index in [9.17, 15) is 4.39 Å². The molecule has 3 nitrogen and oxygen atoms in total. The first-order chi connectivity index (χ1) is 7.72. The van der Waals surface area contributed by atoms with Crippen LogP contribution in [0.25, 0.3) is 11.1 Å². The number of hydrogen-bond acceptors (Lipinski definition) is 3. The lowest BCUT2D eigenvalue weighted by molar-refractivity contribution is 0.475. The predicted octanol–water partition coefficient (Wildman–Crippen LogP) is 2.25. The van der Waals surface area contributed by atoms with Gasteiger partial charge in [0.2, 0.25) is 0 Å². The molecular weight excluding hydrogens is 207 g/mol. The van der Waals surface area contributed by atoms with Crippen molar-refractivity contribution in [1.29, 1.82) is 0 Å². The third-order valence-corrected chi connectivity index (χ3v) is 3.03. The molecule has 1 atom stereocenters. The molecule has 0 spiro atoms. The van der Waals surface area contributed by atoms with Crippen molar-refractivity contribution in [1.82, 2.24) is 4.98 Å². The van der Waals surface area contributed by atoms with Gasteiger partial charge in [-0.15, -0.1) is 0 Å². The normalized spacial score (nSPS) is 17.9. The van der Waals surface area contributed by atoms with E-state index in [1.54, 1.807) is 6.07 Å². The van der Waals surface area contributed by atoms with E-state index in [4.69, 9.17) is 10.2 Å². The molecule has 2 aromatic rings. The average molecular weight is 220 g/mol. The molecule has 16 heavy (non-hydrogen) atoms. The largest absolute Gasteiger partial charge is 0.441 e. The van der Waals surface area contributed by atoms with Crippen LogP contribution in [0.1, 0.15) is 18.7 Å². The van der Waals surface area contributed by atoms with Crippen LogP contribution in [0.5, 0.6) is 0 Å². The highest BCUT2D eigenvalue weighted by atomic mass is 19.1. The molecule has 1 aliphatic rings. The summed E-state index contributed by atoms with van der Waals surface area (Å²) in [5.41, 5.74) is 7.18. The standard InChI is InChI=1S/C12H13FN2O/c13-8-3-4-11-10(5-8)15-12(16-11)6-9(14)7-1-2-7/h3-5,7,9H,1-2,6,14H2. The average Bonchev–Trinajstić information content (AvgIpc) is 3.00. The first kappa shape index (κ1) is 9.78. The van der Waals surface area contributed by atoms with Gasteiger partial charge in [0.1, 0.15) is 11.3 Å². The van der Waals surface area contributed by atoms with Gasteiger partial charge in [-0.2, -0.15) is 0 Å². The predicted molar refractivity (Wildman–Crippen MR) is 58.4 cm³/mol. The first-order valence-electron chi connectivity index (χ1n) is 5.53. The van der Waals surface area contributed by atoms with Crippen LogP contribution >= 0.6 is 0 Å². The van der Waals surface area contributed by atoms with Gasteiger partial charge in [0.25, 0.3) is 0 Å². The Balaban J connectivity index is 1.86. The zero-order valence-electron chi connectivity index (χ0n) is 8.82. The molecule has 1 unspecified atom stereocenters. The van der Waals surface area contributed by atoms with E-state index in [2.05, 4.69) is 4.98 Å². The molecule has 84 valence electrons. The SMILES string of the molecule is NC(Cc1nc2cc(F)ccc2o1)C1CC1. The van der Waals surface area contributed by atoms with Crippen molar-refractivity contribution >= 4 is 11.1 Å². The first-order valence-corrected chi connectivity index (χ1v) is 5.53. The Labute approximate surface area is 92.5 Å². The fourth-order valence-corrected chi connectivity index (χ4v) is 1.93. The summed E-state index contributed by atoms with van der Waals surface area (Å²) in [5, 5.41) is 0. The maximum Gasteiger partial charge on any atom is 0.197 e. The number of fused-ring (bicyclic) bond motifs is 1. The van der Waals surface area contributed by atoms with E-state index >= 15 is 0 Å². The van der Waals surface area contributed by atoms with Crippen LogP contribution in [0, 0.1) is 11.7 Å². The highest BCUT2D eigenvalue weighted by Gasteiger charge is 2.29. The number of oxazole rings is 1. The van der Waals surface area contributed by atoms with Crippen LogP contribution in [0.3, 0.4) is 0 Å². The van der Waals surface area contributed by atoms with Gasteiger partial charge in [-0.3, -0.25) is 0 Å². The fourth-order valence-electron chi connectivity index (χ4n) is 1.93. The highest BCUT2D eigenvalue weighted by molar-refractivity contribution is 5.72. The van der Waals surface area contributed by atoms with E-state index < -0.39 is 0 Å². The van der Waals surface area contributed by atoms with E-state index in [-0.39, 0.29) is 11.9 Å². The smallest absolute Gasteiger partial charge is 0.197 e. The van der Waals surface area contributed by atoms with Crippen LogP contribution < -0.4 is 5.73 Å². The second-order valence-electron chi connectivity index (χ2n) is 4.43. The molecule has 1 saturated carbocycles. The second-order valence-corrected chi connectivity index (χ2v) is 4.43. The minimum absolute atomic E-state index is 0.123. The Morgan fingerprint density at radius 2 is 2.31 bits per heavy atom. The van der Waals surface area contributed by atoms with Crippen LogP contribution in [-0.2, 0) is 6.42 Å². The van der Waals surface area contributed by atoms with Crippen molar-refractivity contribution in [3.05, 3.63) is 29.9 Å². The van der Waals surface area contributed by atoms with Crippen molar-refractivity contribution in [2.75, 3.05) is 0 Å². The molecule has 1 aliphatic carbocycles. The Morgan fingerprint density at radius 3 is 3.06 bits per heavy atom. The van der Waals surface area contributed by atoms with Gasteiger partial charge in [0.15, 0.2) is 11.5 Å². The van der Waals surface area contributed by atoms with Crippen molar-refractivity contribution in [3.63, 3.8) is 0 Å². The molecule has 0 radical (unpaired) electrons. The Kier molecular flexibility index (Phi) is 2.17. The summed E-state index contributed by atoms with van der Waals surface area (Å²) in [6.07, 6.45) is 3.05. The Morgan fingerprint density at radius 1 is 1.50 bits per heavy atom. The molecule has 0 bridgehead atoms. The lowest BCUT2D eigenvalue weighted by Crippen LogP contribution is -2.25. The molecule has 4 heteroatoms. The van der Waals surface area contributed by atoms with E-state index in [0.717, 1.165) is 0 Å². The topological polar surface area (TPSA) is 52.0 Å². The molecule has 2 N–H and O–H groups in total. The lowest BCUT2D eigenvalue weighted by Gasteiger charge is -2.05.